The lowest BCUT2D eigenvalue weighted by molar-refractivity contribution is 0.0728. The number of carbonyl (C=O) groups excluding carboxylic acids is 1. The zero-order valence-corrected chi connectivity index (χ0v) is 14.7. The van der Waals surface area contributed by atoms with Crippen molar-refractivity contribution in [3.05, 3.63) is 53.0 Å². The molecule has 3 heterocycles. The van der Waals surface area contributed by atoms with Crippen molar-refractivity contribution in [3.8, 4) is 17.0 Å². The van der Waals surface area contributed by atoms with Gasteiger partial charge in [0.15, 0.2) is 0 Å². The Morgan fingerprint density at radius 3 is 2.88 bits per heavy atom. The van der Waals surface area contributed by atoms with Crippen LogP contribution in [0.2, 0.25) is 0 Å². The third kappa shape index (κ3) is 2.65. The second-order valence-corrected chi connectivity index (χ2v) is 6.58. The Hall–Kier alpha value is -3.09. The van der Waals surface area contributed by atoms with Crippen molar-refractivity contribution < 1.29 is 14.4 Å². The number of nitrogens with zero attached hydrogens (tertiary/aromatic N) is 3. The summed E-state index contributed by atoms with van der Waals surface area (Å²) >= 11 is 0. The van der Waals surface area contributed by atoms with E-state index in [1.807, 2.05) is 24.8 Å². The molecule has 0 saturated carbocycles. The zero-order chi connectivity index (χ0) is 18.3. The molecule has 0 bridgehead atoms. The predicted octanol–water partition coefficient (Wildman–Crippen LogP) is 3.36. The lowest BCUT2D eigenvalue weighted by Gasteiger charge is -2.24. The first-order chi connectivity index (χ1) is 12.6. The molecule has 134 valence electrons. The smallest absolute Gasteiger partial charge is 0.272 e. The van der Waals surface area contributed by atoms with Crippen molar-refractivity contribution in [2.24, 2.45) is 0 Å². The molecule has 0 aliphatic carbocycles. The number of aromatic amines is 1. The highest BCUT2D eigenvalue weighted by atomic mass is 16.5. The number of aromatic hydroxyl groups is 1. The molecule has 2 aromatic heterocycles. The molecular weight excluding hydrogens is 332 g/mol. The van der Waals surface area contributed by atoms with Crippen LogP contribution in [0.4, 0.5) is 0 Å². The first kappa shape index (κ1) is 16.4. The summed E-state index contributed by atoms with van der Waals surface area (Å²) in [5.74, 6) is 0.779. The van der Waals surface area contributed by atoms with Crippen LogP contribution in [0.3, 0.4) is 0 Å². The zero-order valence-electron chi connectivity index (χ0n) is 14.7. The third-order valence-corrected chi connectivity index (χ3v) is 4.92. The Kier molecular flexibility index (Phi) is 3.99. The Morgan fingerprint density at radius 1 is 1.35 bits per heavy atom. The molecule has 1 fully saturated rings. The standard InChI is InChI=1S/C19H20N4O3/c1-11-18(12(2)26-22-11)16-7-5-9-23(16)19(25)15-10-14(20-21-15)13-6-3-4-8-17(13)24/h3-4,6,8,10,16,24H,5,7,9H2,1-2H3,(H,20,21)/t16-/m1/s1. The fraction of sp³-hybridized carbons (Fsp3) is 0.316. The van der Waals surface area contributed by atoms with Crippen molar-refractivity contribution in [3.63, 3.8) is 0 Å². The van der Waals surface area contributed by atoms with Gasteiger partial charge in [0.2, 0.25) is 0 Å². The molecular formula is C19H20N4O3. The molecule has 26 heavy (non-hydrogen) atoms. The van der Waals surface area contributed by atoms with Crippen molar-refractivity contribution in [1.82, 2.24) is 20.3 Å². The first-order valence-corrected chi connectivity index (χ1v) is 8.63. The van der Waals surface area contributed by atoms with Gasteiger partial charge in [-0.1, -0.05) is 17.3 Å². The van der Waals surface area contributed by atoms with E-state index in [0.29, 0.717) is 23.5 Å². The van der Waals surface area contributed by atoms with Crippen molar-refractivity contribution in [2.45, 2.75) is 32.7 Å². The molecule has 7 nitrogen and oxygen atoms in total. The average Bonchev–Trinajstić information content (AvgIpc) is 3.35. The van der Waals surface area contributed by atoms with E-state index in [1.165, 1.54) is 0 Å². The maximum Gasteiger partial charge on any atom is 0.272 e. The summed E-state index contributed by atoms with van der Waals surface area (Å²) in [6.45, 7) is 4.46. The van der Waals surface area contributed by atoms with E-state index in [9.17, 15) is 9.90 Å². The van der Waals surface area contributed by atoms with Crippen molar-refractivity contribution >= 4 is 5.91 Å². The van der Waals surface area contributed by atoms with Gasteiger partial charge >= 0.3 is 0 Å². The number of hydrogen-bond acceptors (Lipinski definition) is 5. The number of phenols is 1. The average molecular weight is 352 g/mol. The van der Waals surface area contributed by atoms with Gasteiger partial charge in [-0.25, -0.2) is 0 Å². The van der Waals surface area contributed by atoms with Gasteiger partial charge in [-0.05, 0) is 44.9 Å². The molecule has 7 heteroatoms. The van der Waals surface area contributed by atoms with Crippen LogP contribution in [0.1, 0.15) is 46.4 Å². The highest BCUT2D eigenvalue weighted by molar-refractivity contribution is 5.94. The van der Waals surface area contributed by atoms with E-state index in [1.54, 1.807) is 24.3 Å². The topological polar surface area (TPSA) is 95.2 Å². The number of amides is 1. The minimum atomic E-state index is -0.110. The van der Waals surface area contributed by atoms with Gasteiger partial charge in [0.25, 0.3) is 5.91 Å². The number of aromatic nitrogens is 3. The number of nitrogens with one attached hydrogen (secondary N) is 1. The quantitative estimate of drug-likeness (QED) is 0.753. The van der Waals surface area contributed by atoms with Gasteiger partial charge in [-0.2, -0.15) is 5.10 Å². The van der Waals surface area contributed by atoms with E-state index in [-0.39, 0.29) is 17.7 Å². The Bertz CT molecular complexity index is 940. The van der Waals surface area contributed by atoms with E-state index in [4.69, 9.17) is 4.52 Å². The van der Waals surface area contributed by atoms with Crippen molar-refractivity contribution in [1.29, 1.82) is 0 Å². The molecule has 1 amide bonds. The summed E-state index contributed by atoms with van der Waals surface area (Å²) in [6.07, 6.45) is 1.82. The van der Waals surface area contributed by atoms with Gasteiger partial charge in [-0.3, -0.25) is 9.89 Å². The molecule has 3 aromatic rings. The SMILES string of the molecule is Cc1noc(C)c1[C@H]1CCCN1C(=O)c1cc(-c2ccccc2O)n[nH]1. The van der Waals surface area contributed by atoms with E-state index >= 15 is 0 Å². The summed E-state index contributed by atoms with van der Waals surface area (Å²) in [7, 11) is 0. The number of aryl methyl sites for hydroxylation is 2. The Morgan fingerprint density at radius 2 is 2.15 bits per heavy atom. The van der Waals surface area contributed by atoms with Crippen LogP contribution in [-0.2, 0) is 0 Å². The number of carbonyl (C=O) groups is 1. The summed E-state index contributed by atoms with van der Waals surface area (Å²) < 4.78 is 5.28. The number of H-pyrrole nitrogens is 1. The fourth-order valence-corrected chi connectivity index (χ4v) is 3.69. The minimum Gasteiger partial charge on any atom is -0.507 e. The largest absolute Gasteiger partial charge is 0.507 e. The monoisotopic (exact) mass is 352 g/mol. The van der Waals surface area contributed by atoms with Crippen LogP contribution in [0.15, 0.2) is 34.9 Å². The summed E-state index contributed by atoms with van der Waals surface area (Å²) in [5.41, 5.74) is 3.36. The van der Waals surface area contributed by atoms with Crippen LogP contribution in [0.25, 0.3) is 11.3 Å². The maximum atomic E-state index is 13.0. The molecule has 0 unspecified atom stereocenters. The molecule has 1 atom stereocenters. The number of likely N-dealkylation sites (tertiary alicyclic amines) is 1. The molecule has 4 rings (SSSR count). The number of phenolic OH excluding ortho intramolecular Hbond substituents is 1. The molecule has 1 aliphatic heterocycles. The second-order valence-electron chi connectivity index (χ2n) is 6.58. The predicted molar refractivity (Wildman–Crippen MR) is 94.7 cm³/mol. The first-order valence-electron chi connectivity index (χ1n) is 8.63. The van der Waals surface area contributed by atoms with Crippen LogP contribution in [0, 0.1) is 13.8 Å². The second kappa shape index (κ2) is 6.33. The van der Waals surface area contributed by atoms with Crippen molar-refractivity contribution in [2.75, 3.05) is 6.54 Å². The number of hydrogen-bond donors (Lipinski definition) is 2. The molecule has 1 saturated heterocycles. The van der Waals surface area contributed by atoms with E-state index in [0.717, 1.165) is 29.9 Å². The van der Waals surface area contributed by atoms with Gasteiger partial charge in [0, 0.05) is 17.7 Å². The normalized spacial score (nSPS) is 17.0. The lowest BCUT2D eigenvalue weighted by atomic mass is 10.0. The minimum absolute atomic E-state index is 0.0365. The highest BCUT2D eigenvalue weighted by Gasteiger charge is 2.35. The van der Waals surface area contributed by atoms with E-state index in [2.05, 4.69) is 15.4 Å². The molecule has 1 aliphatic rings. The van der Waals surface area contributed by atoms with Gasteiger partial charge in [0.1, 0.15) is 17.2 Å². The van der Waals surface area contributed by atoms with Crippen LogP contribution >= 0.6 is 0 Å². The van der Waals surface area contributed by atoms with Crippen LogP contribution in [-0.4, -0.2) is 37.8 Å². The Labute approximate surface area is 150 Å². The van der Waals surface area contributed by atoms with Gasteiger partial charge in [-0.15, -0.1) is 0 Å². The third-order valence-electron chi connectivity index (χ3n) is 4.92. The Balaban J connectivity index is 1.63. The molecule has 0 radical (unpaired) electrons. The molecule has 0 spiro atoms. The maximum absolute atomic E-state index is 13.0. The number of para-hydroxylation sites is 1. The summed E-state index contributed by atoms with van der Waals surface area (Å²) in [5, 5.41) is 21.0. The lowest BCUT2D eigenvalue weighted by Crippen LogP contribution is -2.31. The molecule has 2 N–H and O–H groups in total. The van der Waals surface area contributed by atoms with Crippen LogP contribution in [0.5, 0.6) is 5.75 Å². The summed E-state index contributed by atoms with van der Waals surface area (Å²) in [6, 6.07) is 8.57. The molecule has 1 aromatic carbocycles. The number of benzene rings is 1. The fourth-order valence-electron chi connectivity index (χ4n) is 3.69. The van der Waals surface area contributed by atoms with Crippen LogP contribution < -0.4 is 0 Å². The van der Waals surface area contributed by atoms with Gasteiger partial charge < -0.3 is 14.5 Å². The summed E-state index contributed by atoms with van der Waals surface area (Å²) in [4.78, 5) is 14.9. The highest BCUT2D eigenvalue weighted by Crippen LogP contribution is 2.36. The number of rotatable bonds is 3. The van der Waals surface area contributed by atoms with Gasteiger partial charge in [0.05, 0.1) is 17.4 Å². The van der Waals surface area contributed by atoms with E-state index < -0.39 is 0 Å².